The molecule has 0 spiro atoms. The summed E-state index contributed by atoms with van der Waals surface area (Å²) < 4.78 is 4.48. The number of alkyl carbamates (subject to hydrolysis) is 1. The van der Waals surface area contributed by atoms with E-state index in [1.54, 1.807) is 11.9 Å². The number of H-pyrrole nitrogens is 2. The van der Waals surface area contributed by atoms with Gasteiger partial charge in [-0.2, -0.15) is 0 Å². The maximum atomic E-state index is 12.1. The summed E-state index contributed by atoms with van der Waals surface area (Å²) in [7, 11) is 2.99. The first-order valence-corrected chi connectivity index (χ1v) is 13.9. The van der Waals surface area contributed by atoms with Gasteiger partial charge in [-0.3, -0.25) is 4.79 Å². The summed E-state index contributed by atoms with van der Waals surface area (Å²) in [6.07, 6.45) is 6.07. The van der Waals surface area contributed by atoms with Gasteiger partial charge in [-0.15, -0.1) is 0 Å². The van der Waals surface area contributed by atoms with Crippen molar-refractivity contribution in [1.82, 2.24) is 35.5 Å². The van der Waals surface area contributed by atoms with Crippen LogP contribution in [0.3, 0.4) is 0 Å². The van der Waals surface area contributed by atoms with E-state index in [1.807, 2.05) is 36.5 Å². The first-order chi connectivity index (χ1) is 20.0. The minimum absolute atomic E-state index is 0.0757. The molecule has 0 saturated carbocycles. The molecule has 4 aromatic rings. The predicted molar refractivity (Wildman–Crippen MR) is 157 cm³/mol. The molecule has 0 aliphatic carbocycles. The smallest absolute Gasteiger partial charge is 0.407 e. The summed E-state index contributed by atoms with van der Waals surface area (Å²) >= 11 is 0. The molecule has 10 nitrogen and oxygen atoms in total. The van der Waals surface area contributed by atoms with Crippen LogP contribution in [-0.2, 0) is 16.0 Å². The number of aromatic nitrogens is 4. The van der Waals surface area contributed by atoms with Crippen molar-refractivity contribution < 1.29 is 14.3 Å². The van der Waals surface area contributed by atoms with Crippen molar-refractivity contribution >= 4 is 23.0 Å². The normalized spacial score (nSPS) is 14.4. The van der Waals surface area contributed by atoms with Crippen molar-refractivity contribution in [3.05, 3.63) is 71.4 Å². The van der Waals surface area contributed by atoms with Crippen LogP contribution in [-0.4, -0.2) is 70.6 Å². The van der Waals surface area contributed by atoms with E-state index in [1.165, 1.54) is 13.5 Å². The third-order valence-electron chi connectivity index (χ3n) is 7.22. The topological polar surface area (TPSA) is 128 Å². The van der Waals surface area contributed by atoms with Gasteiger partial charge in [-0.05, 0) is 68.1 Å². The Labute approximate surface area is 239 Å². The lowest BCUT2D eigenvalue weighted by Crippen LogP contribution is -2.38. The molecule has 41 heavy (non-hydrogen) atoms. The quantitative estimate of drug-likeness (QED) is 0.184. The molecule has 1 atom stereocenters. The zero-order chi connectivity index (χ0) is 28.6. The number of nitrogens with one attached hydrogen (secondary N) is 4. The van der Waals surface area contributed by atoms with Crippen LogP contribution in [0.4, 0.5) is 4.79 Å². The number of hydrogen-bond donors (Lipinski definition) is 4. The molecule has 0 radical (unpaired) electrons. The van der Waals surface area contributed by atoms with Crippen molar-refractivity contribution in [3.63, 3.8) is 0 Å². The molecular weight excluding hydrogens is 518 g/mol. The maximum absolute atomic E-state index is 12.1. The molecule has 1 saturated heterocycles. The molecule has 3 heterocycles. The minimum atomic E-state index is -0.614. The number of benzene rings is 2. The molecule has 5 rings (SSSR count). The zero-order valence-corrected chi connectivity index (χ0v) is 23.4. The number of likely N-dealkylation sites (N-methyl/N-ethyl adjacent to an activating group) is 1. The monoisotopic (exact) mass is 553 g/mol. The number of amides is 2. The number of nitrogens with zero attached hydrogens (tertiary/aromatic N) is 3. The number of aryl methyl sites for hydroxylation is 1. The van der Waals surface area contributed by atoms with Crippen LogP contribution in [0.1, 0.15) is 54.5 Å². The lowest BCUT2D eigenvalue weighted by molar-refractivity contribution is -0.128. The molecule has 1 aliphatic heterocycles. The number of methoxy groups -OCH3 is 1. The van der Waals surface area contributed by atoms with Crippen LogP contribution in [0.15, 0.2) is 48.7 Å². The highest BCUT2D eigenvalue weighted by Crippen LogP contribution is 2.24. The highest BCUT2D eigenvalue weighted by molar-refractivity contribution is 5.82. The summed E-state index contributed by atoms with van der Waals surface area (Å²) in [5.74, 6) is 8.27. The summed E-state index contributed by atoms with van der Waals surface area (Å²) in [6, 6.07) is 14.5. The average Bonchev–Trinajstić information content (AvgIpc) is 3.77. The molecule has 1 unspecified atom stereocenters. The van der Waals surface area contributed by atoms with Gasteiger partial charge in [0.2, 0.25) is 5.91 Å². The van der Waals surface area contributed by atoms with Crippen LogP contribution in [0.25, 0.3) is 22.3 Å². The molecule has 2 aromatic heterocycles. The zero-order valence-electron chi connectivity index (χ0n) is 23.4. The van der Waals surface area contributed by atoms with E-state index in [2.05, 4.69) is 59.3 Å². The summed E-state index contributed by atoms with van der Waals surface area (Å²) in [5, 5.41) is 5.88. The summed E-state index contributed by atoms with van der Waals surface area (Å²) in [6.45, 7) is 1.57. The van der Waals surface area contributed by atoms with Gasteiger partial charge in [0.05, 0.1) is 36.1 Å². The van der Waals surface area contributed by atoms with Gasteiger partial charge in [0.25, 0.3) is 0 Å². The van der Waals surface area contributed by atoms with Gasteiger partial charge in [0, 0.05) is 31.1 Å². The number of aromatic amines is 2. The first kappa shape index (κ1) is 27.9. The number of unbranched alkanes of at least 4 members (excludes halogenated alkanes) is 1. The largest absolute Gasteiger partial charge is 0.453 e. The molecule has 212 valence electrons. The van der Waals surface area contributed by atoms with E-state index in [9.17, 15) is 9.59 Å². The predicted octanol–water partition coefficient (Wildman–Crippen LogP) is 3.91. The van der Waals surface area contributed by atoms with Crippen molar-refractivity contribution in [2.75, 3.05) is 33.8 Å². The number of carbonyl (C=O) groups is 2. The Bertz CT molecular complexity index is 1560. The number of carbonyl (C=O) groups excluding carboxylic acids is 2. The SMILES string of the molecule is COC(=O)NCC(=O)N(C)CCCCc1nc2ccc(C#Cc3ccc(-c4cnc(C5CCCN5)[nH]4)cc3)cc2[nH]1. The molecule has 10 heteroatoms. The number of ether oxygens (including phenoxy) is 1. The molecule has 4 N–H and O–H groups in total. The number of rotatable bonds is 9. The lowest BCUT2D eigenvalue weighted by Gasteiger charge is -2.16. The van der Waals surface area contributed by atoms with Gasteiger partial charge in [-0.25, -0.2) is 14.8 Å². The third-order valence-corrected chi connectivity index (χ3v) is 7.22. The van der Waals surface area contributed by atoms with E-state index in [0.29, 0.717) is 12.6 Å². The summed E-state index contributed by atoms with van der Waals surface area (Å²) in [5.41, 5.74) is 5.83. The van der Waals surface area contributed by atoms with Crippen molar-refractivity contribution in [2.24, 2.45) is 0 Å². The second-order valence-electron chi connectivity index (χ2n) is 10.2. The Kier molecular flexibility index (Phi) is 8.96. The number of hydrogen-bond acceptors (Lipinski definition) is 6. The van der Waals surface area contributed by atoms with E-state index in [4.69, 9.17) is 0 Å². The lowest BCUT2D eigenvalue weighted by atomic mass is 10.1. The van der Waals surface area contributed by atoms with Crippen LogP contribution in [0, 0.1) is 11.8 Å². The molecule has 1 fully saturated rings. The average molecular weight is 554 g/mol. The molecule has 2 amide bonds. The van der Waals surface area contributed by atoms with Crippen LogP contribution in [0.5, 0.6) is 0 Å². The Morgan fingerprint density at radius 3 is 2.68 bits per heavy atom. The van der Waals surface area contributed by atoms with E-state index < -0.39 is 6.09 Å². The Hall–Kier alpha value is -4.62. The van der Waals surface area contributed by atoms with Gasteiger partial charge in [0.1, 0.15) is 18.2 Å². The molecule has 1 aliphatic rings. The minimum Gasteiger partial charge on any atom is -0.453 e. The fraction of sp³-hybridized carbons (Fsp3) is 0.355. The number of fused-ring (bicyclic) bond motifs is 1. The van der Waals surface area contributed by atoms with E-state index in [0.717, 1.165) is 77.3 Å². The second kappa shape index (κ2) is 13.2. The third kappa shape index (κ3) is 7.32. The molecule has 0 bridgehead atoms. The van der Waals surface area contributed by atoms with Gasteiger partial charge in [-0.1, -0.05) is 24.0 Å². The Balaban J connectivity index is 1.12. The maximum Gasteiger partial charge on any atom is 0.407 e. The van der Waals surface area contributed by atoms with Crippen LogP contribution < -0.4 is 10.6 Å². The van der Waals surface area contributed by atoms with Crippen LogP contribution >= 0.6 is 0 Å². The van der Waals surface area contributed by atoms with E-state index in [-0.39, 0.29) is 12.5 Å². The Morgan fingerprint density at radius 2 is 1.90 bits per heavy atom. The Morgan fingerprint density at radius 1 is 1.10 bits per heavy atom. The van der Waals surface area contributed by atoms with Gasteiger partial charge >= 0.3 is 6.09 Å². The van der Waals surface area contributed by atoms with Gasteiger partial charge < -0.3 is 30.2 Å². The number of imidazole rings is 2. The fourth-order valence-electron chi connectivity index (χ4n) is 4.84. The highest BCUT2D eigenvalue weighted by atomic mass is 16.5. The van der Waals surface area contributed by atoms with Crippen molar-refractivity contribution in [3.8, 4) is 23.1 Å². The fourth-order valence-corrected chi connectivity index (χ4v) is 4.84. The van der Waals surface area contributed by atoms with Gasteiger partial charge in [0.15, 0.2) is 0 Å². The van der Waals surface area contributed by atoms with E-state index >= 15 is 0 Å². The molecule has 2 aromatic carbocycles. The first-order valence-electron chi connectivity index (χ1n) is 13.9. The van der Waals surface area contributed by atoms with Crippen molar-refractivity contribution in [2.45, 2.75) is 38.1 Å². The standard InChI is InChI=1S/C31H35N7O3/c1-38(29(39)20-34-31(40)41-2)17-4-3-7-28-35-24-15-12-22(18-26(24)36-28)9-8-21-10-13-23(14-11-21)27-19-33-30(37-27)25-6-5-16-32-25/h10-15,18-19,25,32H,3-7,16-17,20H2,1-2H3,(H,33,37)(H,34,40)(H,35,36). The second-order valence-corrected chi connectivity index (χ2v) is 10.2. The summed E-state index contributed by atoms with van der Waals surface area (Å²) in [4.78, 5) is 40.9. The van der Waals surface area contributed by atoms with Crippen LogP contribution in [0.2, 0.25) is 0 Å². The van der Waals surface area contributed by atoms with Crippen molar-refractivity contribution in [1.29, 1.82) is 0 Å². The highest BCUT2D eigenvalue weighted by Gasteiger charge is 2.19. The molecular formula is C31H35N7O3.